The van der Waals surface area contributed by atoms with Gasteiger partial charge in [0.05, 0.1) is 23.2 Å². The summed E-state index contributed by atoms with van der Waals surface area (Å²) in [6.07, 6.45) is 0. The summed E-state index contributed by atoms with van der Waals surface area (Å²) in [5, 5.41) is 8.55. The van der Waals surface area contributed by atoms with Gasteiger partial charge in [-0.05, 0) is 24.3 Å². The van der Waals surface area contributed by atoms with Crippen LogP contribution in [-0.4, -0.2) is 21.7 Å². The molecule has 12 heavy (non-hydrogen) atoms. The lowest BCUT2D eigenvalue weighted by Gasteiger charge is -1.98. The topological polar surface area (TPSA) is 37.3 Å². The Bertz CT molecular complexity index is 271. The van der Waals surface area contributed by atoms with Crippen molar-refractivity contribution in [2.24, 2.45) is 0 Å². The van der Waals surface area contributed by atoms with E-state index in [1.165, 1.54) is 0 Å². The molecule has 0 aliphatic rings. The molecule has 1 aromatic carbocycles. The predicted molar refractivity (Wildman–Crippen MR) is 52.5 cm³/mol. The summed E-state index contributed by atoms with van der Waals surface area (Å²) in [6, 6.07) is 7.25. The fraction of sp³-hybridized carbons (Fsp3) is 0.250. The highest BCUT2D eigenvalue weighted by molar-refractivity contribution is 9.10. The van der Waals surface area contributed by atoms with Crippen molar-refractivity contribution in [3.63, 3.8) is 0 Å². The first-order chi connectivity index (χ1) is 5.74. The summed E-state index contributed by atoms with van der Waals surface area (Å²) in [7, 11) is -1.06. The second-order valence-corrected chi connectivity index (χ2v) is 4.71. The summed E-state index contributed by atoms with van der Waals surface area (Å²) < 4.78 is 12.3. The molecule has 0 radical (unpaired) electrons. The maximum absolute atomic E-state index is 11.3. The molecule has 0 unspecified atom stereocenters. The van der Waals surface area contributed by atoms with Crippen LogP contribution in [0.3, 0.4) is 0 Å². The van der Waals surface area contributed by atoms with E-state index in [4.69, 9.17) is 5.11 Å². The van der Waals surface area contributed by atoms with Crippen LogP contribution in [0.5, 0.6) is 0 Å². The van der Waals surface area contributed by atoms with Crippen molar-refractivity contribution >= 4 is 26.7 Å². The van der Waals surface area contributed by atoms with E-state index in [9.17, 15) is 4.21 Å². The summed E-state index contributed by atoms with van der Waals surface area (Å²) >= 11 is 3.29. The van der Waals surface area contributed by atoms with E-state index in [0.717, 1.165) is 9.37 Å². The van der Waals surface area contributed by atoms with Crippen molar-refractivity contribution in [3.05, 3.63) is 28.7 Å². The predicted octanol–water partition coefficient (Wildman–Crippen LogP) is 1.55. The Morgan fingerprint density at radius 3 is 2.42 bits per heavy atom. The molecular weight excluding hydrogens is 240 g/mol. The molecule has 0 aliphatic carbocycles. The van der Waals surface area contributed by atoms with Gasteiger partial charge in [0.25, 0.3) is 0 Å². The monoisotopic (exact) mass is 248 g/mol. The summed E-state index contributed by atoms with van der Waals surface area (Å²) in [4.78, 5) is 0.757. The number of hydrogen-bond donors (Lipinski definition) is 1. The Labute approximate surface area is 82.2 Å². The largest absolute Gasteiger partial charge is 0.395 e. The molecule has 0 spiro atoms. The molecule has 1 rings (SSSR count). The van der Waals surface area contributed by atoms with Gasteiger partial charge in [0.1, 0.15) is 0 Å². The van der Waals surface area contributed by atoms with E-state index < -0.39 is 10.8 Å². The number of aliphatic hydroxyl groups is 1. The quantitative estimate of drug-likeness (QED) is 0.882. The van der Waals surface area contributed by atoms with Gasteiger partial charge in [0.15, 0.2) is 0 Å². The van der Waals surface area contributed by atoms with Crippen LogP contribution in [0.1, 0.15) is 0 Å². The third kappa shape index (κ3) is 2.69. The van der Waals surface area contributed by atoms with E-state index in [-0.39, 0.29) is 6.61 Å². The maximum Gasteiger partial charge on any atom is 0.0552 e. The fourth-order valence-electron chi connectivity index (χ4n) is 0.787. The first kappa shape index (κ1) is 9.89. The zero-order valence-electron chi connectivity index (χ0n) is 6.37. The van der Waals surface area contributed by atoms with Crippen molar-refractivity contribution < 1.29 is 9.32 Å². The summed E-state index contributed by atoms with van der Waals surface area (Å²) in [5.74, 6) is 0.307. The third-order valence-corrected chi connectivity index (χ3v) is 3.23. The van der Waals surface area contributed by atoms with Gasteiger partial charge in [-0.25, -0.2) is 0 Å². The minimum atomic E-state index is -1.06. The van der Waals surface area contributed by atoms with Gasteiger partial charge in [-0.2, -0.15) is 0 Å². The average Bonchev–Trinajstić information content (AvgIpc) is 2.06. The van der Waals surface area contributed by atoms with Gasteiger partial charge < -0.3 is 5.11 Å². The van der Waals surface area contributed by atoms with E-state index in [1.807, 2.05) is 12.1 Å². The van der Waals surface area contributed by atoms with E-state index >= 15 is 0 Å². The summed E-state index contributed by atoms with van der Waals surface area (Å²) in [5.41, 5.74) is 0. The Morgan fingerprint density at radius 2 is 1.92 bits per heavy atom. The number of rotatable bonds is 3. The van der Waals surface area contributed by atoms with Crippen LogP contribution >= 0.6 is 15.9 Å². The minimum Gasteiger partial charge on any atom is -0.395 e. The Hall–Kier alpha value is -0.190. The number of halogens is 1. The molecule has 0 amide bonds. The van der Waals surface area contributed by atoms with Crippen molar-refractivity contribution in [2.75, 3.05) is 12.4 Å². The standard InChI is InChI=1S/C8H9BrO2S/c9-7-1-3-8(4-2-7)12(11)6-5-10/h1-4,10H,5-6H2/t12-/m0/s1. The van der Waals surface area contributed by atoms with Gasteiger partial charge >= 0.3 is 0 Å². The van der Waals surface area contributed by atoms with Gasteiger partial charge in [0.2, 0.25) is 0 Å². The van der Waals surface area contributed by atoms with Gasteiger partial charge in [-0.1, -0.05) is 15.9 Å². The molecule has 0 bridgehead atoms. The van der Waals surface area contributed by atoms with Crippen LogP contribution in [0.2, 0.25) is 0 Å². The molecule has 0 aromatic heterocycles. The molecule has 0 saturated heterocycles. The van der Waals surface area contributed by atoms with E-state index in [2.05, 4.69) is 15.9 Å². The zero-order valence-corrected chi connectivity index (χ0v) is 8.77. The molecule has 0 saturated carbocycles. The smallest absolute Gasteiger partial charge is 0.0552 e. The second kappa shape index (κ2) is 4.74. The lowest BCUT2D eigenvalue weighted by atomic mass is 10.4. The zero-order chi connectivity index (χ0) is 8.97. The minimum absolute atomic E-state index is 0.0390. The lowest BCUT2D eigenvalue weighted by molar-refractivity contribution is 0.321. The van der Waals surface area contributed by atoms with Crippen LogP contribution in [-0.2, 0) is 10.8 Å². The van der Waals surface area contributed by atoms with Crippen LogP contribution in [0.15, 0.2) is 33.6 Å². The first-order valence-electron chi connectivity index (χ1n) is 3.49. The highest BCUT2D eigenvalue weighted by atomic mass is 79.9. The van der Waals surface area contributed by atoms with Crippen molar-refractivity contribution in [3.8, 4) is 0 Å². The first-order valence-corrected chi connectivity index (χ1v) is 5.60. The van der Waals surface area contributed by atoms with Crippen LogP contribution in [0.4, 0.5) is 0 Å². The Morgan fingerprint density at radius 1 is 1.33 bits per heavy atom. The second-order valence-electron chi connectivity index (χ2n) is 2.23. The molecule has 1 atom stereocenters. The van der Waals surface area contributed by atoms with Crippen LogP contribution in [0, 0.1) is 0 Å². The van der Waals surface area contributed by atoms with Crippen molar-refractivity contribution in [2.45, 2.75) is 4.90 Å². The van der Waals surface area contributed by atoms with Gasteiger partial charge in [-0.15, -0.1) is 0 Å². The lowest BCUT2D eigenvalue weighted by Crippen LogP contribution is -2.01. The molecule has 0 fully saturated rings. The molecule has 1 N–H and O–H groups in total. The molecule has 66 valence electrons. The SMILES string of the molecule is O=[S@@](CCO)c1ccc(Br)cc1. The Balaban J connectivity index is 2.75. The van der Waals surface area contributed by atoms with Gasteiger partial charge in [-0.3, -0.25) is 4.21 Å². The van der Waals surface area contributed by atoms with Gasteiger partial charge in [0, 0.05) is 9.37 Å². The van der Waals surface area contributed by atoms with E-state index in [0.29, 0.717) is 5.75 Å². The number of benzene rings is 1. The van der Waals surface area contributed by atoms with Crippen LogP contribution < -0.4 is 0 Å². The molecule has 1 aromatic rings. The third-order valence-electron chi connectivity index (χ3n) is 1.35. The summed E-state index contributed by atoms with van der Waals surface area (Å²) in [6.45, 7) is -0.0390. The highest BCUT2D eigenvalue weighted by Gasteiger charge is 2.01. The molecule has 2 nitrogen and oxygen atoms in total. The molecule has 0 aliphatic heterocycles. The number of hydrogen-bond acceptors (Lipinski definition) is 2. The highest BCUT2D eigenvalue weighted by Crippen LogP contribution is 2.13. The maximum atomic E-state index is 11.3. The normalized spacial score (nSPS) is 12.8. The number of aliphatic hydroxyl groups excluding tert-OH is 1. The van der Waals surface area contributed by atoms with E-state index in [1.54, 1.807) is 12.1 Å². The van der Waals surface area contributed by atoms with Crippen molar-refractivity contribution in [1.82, 2.24) is 0 Å². The van der Waals surface area contributed by atoms with Crippen LogP contribution in [0.25, 0.3) is 0 Å². The Kier molecular flexibility index (Phi) is 3.91. The molecular formula is C8H9BrO2S. The molecule has 4 heteroatoms. The average molecular weight is 249 g/mol. The van der Waals surface area contributed by atoms with Crippen molar-refractivity contribution in [1.29, 1.82) is 0 Å². The molecule has 0 heterocycles. The fourth-order valence-corrected chi connectivity index (χ4v) is 1.89.